The number of amides is 1. The highest BCUT2D eigenvalue weighted by atomic mass is 16.3. The standard InChI is InChI=1S/C14H21N3O2/c1-17(2)13-9-10(7-8-15-13)14(19)16-11-5-3-4-6-12(11)18/h7-9,11-12,18H,3-6H2,1-2H3,(H,16,19)/t11-,12-/m0/s1. The van der Waals surface area contributed by atoms with Gasteiger partial charge in [0.15, 0.2) is 0 Å². The van der Waals surface area contributed by atoms with E-state index in [0.717, 1.165) is 31.5 Å². The van der Waals surface area contributed by atoms with Crippen molar-refractivity contribution >= 4 is 11.7 Å². The second-order valence-corrected chi connectivity index (χ2v) is 5.23. The van der Waals surface area contributed by atoms with Gasteiger partial charge in [-0.3, -0.25) is 4.79 Å². The number of carbonyl (C=O) groups is 1. The van der Waals surface area contributed by atoms with Crippen LogP contribution in [0.2, 0.25) is 0 Å². The van der Waals surface area contributed by atoms with Crippen LogP contribution in [0.4, 0.5) is 5.82 Å². The summed E-state index contributed by atoms with van der Waals surface area (Å²) in [5, 5.41) is 12.8. The van der Waals surface area contributed by atoms with E-state index >= 15 is 0 Å². The molecule has 1 aliphatic rings. The summed E-state index contributed by atoms with van der Waals surface area (Å²) in [6.45, 7) is 0. The second kappa shape index (κ2) is 6.02. The van der Waals surface area contributed by atoms with E-state index in [1.807, 2.05) is 19.0 Å². The molecule has 0 spiro atoms. The smallest absolute Gasteiger partial charge is 0.251 e. The lowest BCUT2D eigenvalue weighted by Gasteiger charge is -2.28. The van der Waals surface area contributed by atoms with Crippen molar-refractivity contribution in [3.63, 3.8) is 0 Å². The molecule has 1 saturated carbocycles. The van der Waals surface area contributed by atoms with Crippen LogP contribution in [-0.2, 0) is 0 Å². The van der Waals surface area contributed by atoms with Crippen LogP contribution in [0.15, 0.2) is 18.3 Å². The molecule has 0 radical (unpaired) electrons. The van der Waals surface area contributed by atoms with Crippen LogP contribution in [0.5, 0.6) is 0 Å². The lowest BCUT2D eigenvalue weighted by molar-refractivity contribution is 0.0717. The molecule has 1 aromatic rings. The molecule has 1 aromatic heterocycles. The number of aliphatic hydroxyl groups excluding tert-OH is 1. The van der Waals surface area contributed by atoms with E-state index < -0.39 is 6.10 Å². The third-order valence-corrected chi connectivity index (χ3v) is 3.51. The summed E-state index contributed by atoms with van der Waals surface area (Å²) in [6, 6.07) is 3.32. The Bertz CT molecular complexity index is 448. The third kappa shape index (κ3) is 3.44. The summed E-state index contributed by atoms with van der Waals surface area (Å²) >= 11 is 0. The van der Waals surface area contributed by atoms with Gasteiger partial charge in [-0.25, -0.2) is 4.98 Å². The maximum atomic E-state index is 12.2. The van der Waals surface area contributed by atoms with Crippen molar-refractivity contribution in [2.45, 2.75) is 37.8 Å². The summed E-state index contributed by atoms with van der Waals surface area (Å²) in [7, 11) is 3.77. The van der Waals surface area contributed by atoms with Crippen molar-refractivity contribution < 1.29 is 9.90 Å². The number of pyridine rings is 1. The minimum atomic E-state index is -0.423. The number of aromatic nitrogens is 1. The van der Waals surface area contributed by atoms with Gasteiger partial charge in [0.05, 0.1) is 12.1 Å². The van der Waals surface area contributed by atoms with Crippen molar-refractivity contribution in [2.75, 3.05) is 19.0 Å². The Labute approximate surface area is 113 Å². The largest absolute Gasteiger partial charge is 0.391 e. The van der Waals surface area contributed by atoms with Crippen LogP contribution < -0.4 is 10.2 Å². The number of carbonyl (C=O) groups excluding carboxylic acids is 1. The zero-order valence-electron chi connectivity index (χ0n) is 11.5. The van der Waals surface area contributed by atoms with E-state index in [1.165, 1.54) is 0 Å². The summed E-state index contributed by atoms with van der Waals surface area (Å²) in [4.78, 5) is 18.2. The molecule has 1 fully saturated rings. The molecule has 0 unspecified atom stereocenters. The average Bonchev–Trinajstić information content (AvgIpc) is 2.41. The topological polar surface area (TPSA) is 65.5 Å². The number of nitrogens with zero attached hydrogens (tertiary/aromatic N) is 2. The van der Waals surface area contributed by atoms with Crippen molar-refractivity contribution in [3.8, 4) is 0 Å². The second-order valence-electron chi connectivity index (χ2n) is 5.23. The van der Waals surface area contributed by atoms with Gasteiger partial charge in [0.25, 0.3) is 5.91 Å². The number of anilines is 1. The maximum absolute atomic E-state index is 12.2. The normalized spacial score (nSPS) is 22.9. The Hall–Kier alpha value is -1.62. The highest BCUT2D eigenvalue weighted by Gasteiger charge is 2.24. The number of hydrogen-bond acceptors (Lipinski definition) is 4. The predicted molar refractivity (Wildman–Crippen MR) is 74.3 cm³/mol. The molecule has 5 nitrogen and oxygen atoms in total. The van der Waals surface area contributed by atoms with Crippen molar-refractivity contribution in [2.24, 2.45) is 0 Å². The van der Waals surface area contributed by atoms with Crippen LogP contribution >= 0.6 is 0 Å². The molecule has 1 heterocycles. The van der Waals surface area contributed by atoms with E-state index in [0.29, 0.717) is 5.56 Å². The Morgan fingerprint density at radius 3 is 2.84 bits per heavy atom. The zero-order chi connectivity index (χ0) is 13.8. The summed E-state index contributed by atoms with van der Waals surface area (Å²) < 4.78 is 0. The summed E-state index contributed by atoms with van der Waals surface area (Å²) in [6.07, 6.45) is 4.91. The maximum Gasteiger partial charge on any atom is 0.251 e. The van der Waals surface area contributed by atoms with Gasteiger partial charge >= 0.3 is 0 Å². The van der Waals surface area contributed by atoms with E-state index in [2.05, 4.69) is 10.3 Å². The van der Waals surface area contributed by atoms with Crippen LogP contribution in [-0.4, -0.2) is 42.2 Å². The Morgan fingerprint density at radius 2 is 2.16 bits per heavy atom. The first kappa shape index (κ1) is 13.8. The summed E-state index contributed by atoms with van der Waals surface area (Å²) in [5.74, 6) is 0.605. The molecule has 0 saturated heterocycles. The fraction of sp³-hybridized carbons (Fsp3) is 0.571. The monoisotopic (exact) mass is 263 g/mol. The molecule has 0 aliphatic heterocycles. The van der Waals surface area contributed by atoms with E-state index in [-0.39, 0.29) is 11.9 Å². The van der Waals surface area contributed by atoms with E-state index in [1.54, 1.807) is 18.3 Å². The third-order valence-electron chi connectivity index (χ3n) is 3.51. The minimum Gasteiger partial charge on any atom is -0.391 e. The molecule has 1 aliphatic carbocycles. The molecule has 0 aromatic carbocycles. The Balaban J connectivity index is 2.05. The van der Waals surface area contributed by atoms with Gasteiger partial charge in [0, 0.05) is 25.9 Å². The van der Waals surface area contributed by atoms with Crippen LogP contribution in [0.25, 0.3) is 0 Å². The molecule has 2 rings (SSSR count). The fourth-order valence-electron chi connectivity index (χ4n) is 2.34. The average molecular weight is 263 g/mol. The number of nitrogens with one attached hydrogen (secondary N) is 1. The number of rotatable bonds is 3. The highest BCUT2D eigenvalue weighted by Crippen LogP contribution is 2.19. The number of aliphatic hydroxyl groups is 1. The minimum absolute atomic E-state index is 0.128. The quantitative estimate of drug-likeness (QED) is 0.859. The fourth-order valence-corrected chi connectivity index (χ4v) is 2.34. The molecule has 5 heteroatoms. The predicted octanol–water partition coefficient (Wildman–Crippen LogP) is 1.18. The van der Waals surface area contributed by atoms with Gasteiger partial charge in [-0.15, -0.1) is 0 Å². The summed E-state index contributed by atoms with van der Waals surface area (Å²) in [5.41, 5.74) is 0.580. The first-order valence-electron chi connectivity index (χ1n) is 6.70. The van der Waals surface area contributed by atoms with Crippen LogP contribution in [0, 0.1) is 0 Å². The molecule has 19 heavy (non-hydrogen) atoms. The number of hydrogen-bond donors (Lipinski definition) is 2. The first-order valence-corrected chi connectivity index (χ1v) is 6.70. The first-order chi connectivity index (χ1) is 9.08. The molecule has 1 amide bonds. The van der Waals surface area contributed by atoms with Gasteiger partial charge in [-0.1, -0.05) is 12.8 Å². The SMILES string of the molecule is CN(C)c1cc(C(=O)N[C@H]2CCCC[C@@H]2O)ccn1. The lowest BCUT2D eigenvalue weighted by atomic mass is 9.92. The van der Waals surface area contributed by atoms with Crippen molar-refractivity contribution in [1.29, 1.82) is 0 Å². The Kier molecular flexibility index (Phi) is 4.37. The van der Waals surface area contributed by atoms with Gasteiger partial charge in [-0.2, -0.15) is 0 Å². The van der Waals surface area contributed by atoms with Gasteiger partial charge in [0.2, 0.25) is 0 Å². The molecular formula is C14H21N3O2. The van der Waals surface area contributed by atoms with Crippen LogP contribution in [0.3, 0.4) is 0 Å². The van der Waals surface area contributed by atoms with Gasteiger partial charge in [0.1, 0.15) is 5.82 Å². The van der Waals surface area contributed by atoms with Gasteiger partial charge in [-0.05, 0) is 25.0 Å². The van der Waals surface area contributed by atoms with Crippen molar-refractivity contribution in [1.82, 2.24) is 10.3 Å². The molecule has 2 atom stereocenters. The molecule has 104 valence electrons. The lowest BCUT2D eigenvalue weighted by Crippen LogP contribution is -2.45. The van der Waals surface area contributed by atoms with Crippen LogP contribution in [0.1, 0.15) is 36.0 Å². The molecule has 2 N–H and O–H groups in total. The highest BCUT2D eigenvalue weighted by molar-refractivity contribution is 5.95. The van der Waals surface area contributed by atoms with E-state index in [4.69, 9.17) is 0 Å². The Morgan fingerprint density at radius 1 is 1.42 bits per heavy atom. The zero-order valence-corrected chi connectivity index (χ0v) is 11.5. The molecular weight excluding hydrogens is 242 g/mol. The van der Waals surface area contributed by atoms with Crippen molar-refractivity contribution in [3.05, 3.63) is 23.9 Å². The van der Waals surface area contributed by atoms with E-state index in [9.17, 15) is 9.90 Å². The molecule has 0 bridgehead atoms. The van der Waals surface area contributed by atoms with Gasteiger partial charge < -0.3 is 15.3 Å².